The number of ether oxygens (including phenoxy) is 1. The van der Waals surface area contributed by atoms with E-state index in [9.17, 15) is 4.79 Å². The largest absolute Gasteiger partial charge is 0.497 e. The number of rotatable bonds is 6. The Balaban J connectivity index is 1.64. The number of hydrogen-bond donors (Lipinski definition) is 0. The van der Waals surface area contributed by atoms with Crippen LogP contribution in [0.2, 0.25) is 0 Å². The Bertz CT molecular complexity index is 1040. The van der Waals surface area contributed by atoms with Crippen molar-refractivity contribution in [2.45, 2.75) is 37.6 Å². The van der Waals surface area contributed by atoms with E-state index in [1.54, 1.807) is 7.11 Å². The summed E-state index contributed by atoms with van der Waals surface area (Å²) in [5.41, 5.74) is 1.90. The molecule has 2 aromatic carbocycles. The third-order valence-electron chi connectivity index (χ3n) is 5.81. The number of likely N-dealkylation sites (tertiary alicyclic amines) is 1. The normalized spacial score (nSPS) is 19.6. The first kappa shape index (κ1) is 22.4. The van der Waals surface area contributed by atoms with E-state index in [0.717, 1.165) is 35.9 Å². The Morgan fingerprint density at radius 2 is 1.69 bits per heavy atom. The highest BCUT2D eigenvalue weighted by Crippen LogP contribution is 2.32. The Morgan fingerprint density at radius 1 is 1.03 bits per heavy atom. The standard InChI is InChI=1S/C25H30N4O2S/c1-17-14-18(2)16-28(15-17)24(30)19(3)32-25-27-26-23(20-8-6-5-7-9-20)29(25)21-10-12-22(31-4)13-11-21/h5-13,17-19H,14-16H2,1-4H3. The van der Waals surface area contributed by atoms with Gasteiger partial charge in [-0.1, -0.05) is 55.9 Å². The van der Waals surface area contributed by atoms with Crippen molar-refractivity contribution < 1.29 is 9.53 Å². The Morgan fingerprint density at radius 3 is 2.31 bits per heavy atom. The zero-order valence-corrected chi connectivity index (χ0v) is 19.9. The van der Waals surface area contributed by atoms with Crippen molar-refractivity contribution in [3.63, 3.8) is 0 Å². The highest BCUT2D eigenvalue weighted by Gasteiger charge is 2.30. The molecule has 1 aliphatic heterocycles. The lowest BCUT2D eigenvalue weighted by molar-refractivity contribution is -0.132. The van der Waals surface area contributed by atoms with E-state index >= 15 is 0 Å². The number of methoxy groups -OCH3 is 1. The third-order valence-corrected chi connectivity index (χ3v) is 6.84. The van der Waals surface area contributed by atoms with Crippen molar-refractivity contribution in [3.8, 4) is 22.8 Å². The molecule has 7 heteroatoms. The maximum Gasteiger partial charge on any atom is 0.235 e. The van der Waals surface area contributed by atoms with Crippen molar-refractivity contribution >= 4 is 17.7 Å². The second-order valence-electron chi connectivity index (χ2n) is 8.65. The molecule has 2 heterocycles. The van der Waals surface area contributed by atoms with Crippen molar-refractivity contribution in [1.82, 2.24) is 19.7 Å². The van der Waals surface area contributed by atoms with Crippen LogP contribution in [-0.2, 0) is 4.79 Å². The third kappa shape index (κ3) is 4.83. The summed E-state index contributed by atoms with van der Waals surface area (Å²) in [6.07, 6.45) is 1.18. The molecule has 3 aromatic rings. The minimum atomic E-state index is -0.252. The molecular formula is C25H30N4O2S. The molecule has 6 nitrogen and oxygen atoms in total. The van der Waals surface area contributed by atoms with Gasteiger partial charge in [0.1, 0.15) is 5.75 Å². The van der Waals surface area contributed by atoms with Crippen molar-refractivity contribution in [2.24, 2.45) is 11.8 Å². The second-order valence-corrected chi connectivity index (χ2v) is 9.96. The Labute approximate surface area is 194 Å². The van der Waals surface area contributed by atoms with Gasteiger partial charge in [-0.05, 0) is 49.4 Å². The van der Waals surface area contributed by atoms with Gasteiger partial charge in [0.25, 0.3) is 0 Å². The lowest BCUT2D eigenvalue weighted by atomic mass is 9.92. The summed E-state index contributed by atoms with van der Waals surface area (Å²) in [7, 11) is 1.65. The van der Waals surface area contributed by atoms with Crippen LogP contribution in [0.4, 0.5) is 0 Å². The van der Waals surface area contributed by atoms with E-state index < -0.39 is 0 Å². The number of nitrogens with zero attached hydrogens (tertiary/aromatic N) is 4. The van der Waals surface area contributed by atoms with Gasteiger partial charge in [-0.2, -0.15) is 0 Å². The molecule has 1 fully saturated rings. The van der Waals surface area contributed by atoms with Gasteiger partial charge in [0.05, 0.1) is 12.4 Å². The number of carbonyl (C=O) groups is 1. The molecule has 32 heavy (non-hydrogen) atoms. The van der Waals surface area contributed by atoms with Gasteiger partial charge < -0.3 is 9.64 Å². The fourth-order valence-electron chi connectivity index (χ4n) is 4.39. The topological polar surface area (TPSA) is 60.2 Å². The fourth-order valence-corrected chi connectivity index (χ4v) is 5.34. The fraction of sp³-hybridized carbons (Fsp3) is 0.400. The average molecular weight is 451 g/mol. The lowest BCUT2D eigenvalue weighted by Crippen LogP contribution is -2.45. The van der Waals surface area contributed by atoms with Gasteiger partial charge in [-0.25, -0.2) is 0 Å². The maximum absolute atomic E-state index is 13.2. The number of thioether (sulfide) groups is 1. The Kier molecular flexibility index (Phi) is 6.84. The van der Waals surface area contributed by atoms with Crippen LogP contribution in [0.3, 0.4) is 0 Å². The highest BCUT2D eigenvalue weighted by molar-refractivity contribution is 8.00. The molecule has 0 spiro atoms. The van der Waals surface area contributed by atoms with Crippen molar-refractivity contribution in [1.29, 1.82) is 0 Å². The second kappa shape index (κ2) is 9.77. The van der Waals surface area contributed by atoms with E-state index in [-0.39, 0.29) is 11.2 Å². The molecule has 1 aromatic heterocycles. The summed E-state index contributed by atoms with van der Waals surface area (Å²) in [6, 6.07) is 17.8. The number of amides is 1. The molecule has 0 radical (unpaired) electrons. The summed E-state index contributed by atoms with van der Waals surface area (Å²) in [5, 5.41) is 9.42. The van der Waals surface area contributed by atoms with Crippen LogP contribution in [-0.4, -0.2) is 51.0 Å². The molecule has 1 amide bonds. The van der Waals surface area contributed by atoms with Gasteiger partial charge in [0.2, 0.25) is 5.91 Å². The molecule has 3 unspecified atom stereocenters. The molecule has 0 aliphatic carbocycles. The number of hydrogen-bond acceptors (Lipinski definition) is 5. The zero-order chi connectivity index (χ0) is 22.7. The molecule has 4 rings (SSSR count). The summed E-state index contributed by atoms with van der Waals surface area (Å²) < 4.78 is 7.33. The smallest absolute Gasteiger partial charge is 0.235 e. The van der Waals surface area contributed by atoms with Crippen LogP contribution in [0.15, 0.2) is 59.8 Å². The van der Waals surface area contributed by atoms with Crippen LogP contribution >= 0.6 is 11.8 Å². The van der Waals surface area contributed by atoms with Crippen LogP contribution < -0.4 is 4.74 Å². The maximum atomic E-state index is 13.2. The molecule has 1 saturated heterocycles. The first-order valence-electron chi connectivity index (χ1n) is 11.1. The summed E-state index contributed by atoms with van der Waals surface area (Å²) in [4.78, 5) is 15.2. The SMILES string of the molecule is COc1ccc(-n2c(SC(C)C(=O)N3CC(C)CC(C)C3)nnc2-c2ccccc2)cc1. The van der Waals surface area contributed by atoms with Crippen LogP contribution in [0.25, 0.3) is 17.1 Å². The first-order chi connectivity index (χ1) is 15.5. The van der Waals surface area contributed by atoms with Crippen LogP contribution in [0, 0.1) is 11.8 Å². The van der Waals surface area contributed by atoms with E-state index in [2.05, 4.69) is 24.0 Å². The number of benzene rings is 2. The molecule has 0 saturated carbocycles. The van der Waals surface area contributed by atoms with Gasteiger partial charge in [0.15, 0.2) is 11.0 Å². The van der Waals surface area contributed by atoms with Crippen LogP contribution in [0.5, 0.6) is 5.75 Å². The van der Waals surface area contributed by atoms with Crippen molar-refractivity contribution in [3.05, 3.63) is 54.6 Å². The number of aromatic nitrogens is 3. The quantitative estimate of drug-likeness (QED) is 0.499. The molecule has 1 aliphatic rings. The van der Waals surface area contributed by atoms with E-state index in [1.807, 2.05) is 71.0 Å². The van der Waals surface area contributed by atoms with Gasteiger partial charge in [-0.3, -0.25) is 9.36 Å². The van der Waals surface area contributed by atoms with E-state index in [1.165, 1.54) is 18.2 Å². The predicted molar refractivity (Wildman–Crippen MR) is 128 cm³/mol. The predicted octanol–water partition coefficient (Wildman–Crippen LogP) is 4.93. The average Bonchev–Trinajstić information content (AvgIpc) is 3.22. The summed E-state index contributed by atoms with van der Waals surface area (Å²) in [6.45, 7) is 8.07. The first-order valence-corrected chi connectivity index (χ1v) is 11.9. The minimum Gasteiger partial charge on any atom is -0.497 e. The number of piperidine rings is 1. The van der Waals surface area contributed by atoms with Gasteiger partial charge in [0, 0.05) is 24.3 Å². The van der Waals surface area contributed by atoms with Gasteiger partial charge >= 0.3 is 0 Å². The zero-order valence-electron chi connectivity index (χ0n) is 19.1. The van der Waals surface area contributed by atoms with Gasteiger partial charge in [-0.15, -0.1) is 10.2 Å². The highest BCUT2D eigenvalue weighted by atomic mass is 32.2. The lowest BCUT2D eigenvalue weighted by Gasteiger charge is -2.36. The Hall–Kier alpha value is -2.80. The molecular weight excluding hydrogens is 420 g/mol. The number of carbonyl (C=O) groups excluding carboxylic acids is 1. The molecule has 3 atom stereocenters. The minimum absolute atomic E-state index is 0.166. The molecule has 168 valence electrons. The van der Waals surface area contributed by atoms with Crippen LogP contribution in [0.1, 0.15) is 27.2 Å². The summed E-state index contributed by atoms with van der Waals surface area (Å²) >= 11 is 1.46. The monoisotopic (exact) mass is 450 g/mol. The van der Waals surface area contributed by atoms with Crippen molar-refractivity contribution in [2.75, 3.05) is 20.2 Å². The molecule has 0 bridgehead atoms. The van der Waals surface area contributed by atoms with E-state index in [4.69, 9.17) is 4.74 Å². The van der Waals surface area contributed by atoms with E-state index in [0.29, 0.717) is 17.0 Å². The summed E-state index contributed by atoms with van der Waals surface area (Å²) in [5.74, 6) is 2.77. The molecule has 0 N–H and O–H groups in total.